The van der Waals surface area contributed by atoms with E-state index >= 15 is 0 Å². The maximum Gasteiger partial charge on any atom is 0.256 e. The van der Waals surface area contributed by atoms with Gasteiger partial charge in [-0.3, -0.25) is 4.79 Å². The molecule has 1 N–H and O–H groups in total. The summed E-state index contributed by atoms with van der Waals surface area (Å²) in [5, 5.41) is 17.0. The predicted molar refractivity (Wildman–Crippen MR) is 58.1 cm³/mol. The van der Waals surface area contributed by atoms with Gasteiger partial charge in [0.05, 0.1) is 5.56 Å². The zero-order valence-electron chi connectivity index (χ0n) is 8.91. The number of nitrogens with zero attached hydrogens (tertiary/aromatic N) is 1. The summed E-state index contributed by atoms with van der Waals surface area (Å²) in [6, 6.07) is 5.25. The summed E-state index contributed by atoms with van der Waals surface area (Å²) in [5.74, 6) is -0.637. The van der Waals surface area contributed by atoms with Gasteiger partial charge in [-0.1, -0.05) is 0 Å². The van der Waals surface area contributed by atoms with Crippen molar-refractivity contribution in [3.8, 4) is 11.8 Å². The van der Waals surface area contributed by atoms with E-state index in [2.05, 4.69) is 0 Å². The molecule has 0 amide bonds. The highest BCUT2D eigenvalue weighted by molar-refractivity contribution is 6.65. The lowest BCUT2D eigenvalue weighted by atomic mass is 10.1. The maximum atomic E-state index is 13.2. The number of hydrogen-bond acceptors (Lipinski definition) is 4. The Hall–Kier alpha value is -1.64. The molecule has 1 aromatic rings. The zero-order valence-corrected chi connectivity index (χ0v) is 9.66. The molecule has 0 aliphatic rings. The van der Waals surface area contributed by atoms with Gasteiger partial charge in [0.15, 0.2) is 5.60 Å². The van der Waals surface area contributed by atoms with Crippen LogP contribution in [0.25, 0.3) is 0 Å². The van der Waals surface area contributed by atoms with Crippen molar-refractivity contribution in [2.45, 2.75) is 12.5 Å². The average molecular weight is 258 g/mol. The van der Waals surface area contributed by atoms with Crippen LogP contribution in [0.4, 0.5) is 4.39 Å². The van der Waals surface area contributed by atoms with E-state index in [0.29, 0.717) is 0 Å². The van der Waals surface area contributed by atoms with Crippen molar-refractivity contribution in [3.63, 3.8) is 0 Å². The van der Waals surface area contributed by atoms with Crippen molar-refractivity contribution in [1.29, 1.82) is 5.26 Å². The lowest BCUT2D eigenvalue weighted by Crippen LogP contribution is -2.38. The molecule has 0 bridgehead atoms. The van der Waals surface area contributed by atoms with Gasteiger partial charge in [-0.05, 0) is 30.7 Å². The van der Waals surface area contributed by atoms with Crippen LogP contribution in [0.15, 0.2) is 18.2 Å². The Bertz CT molecular complexity index is 482. The molecule has 0 radical (unpaired) electrons. The molecule has 0 saturated carbocycles. The first-order valence-corrected chi connectivity index (χ1v) is 4.99. The molecule has 0 fully saturated rings. The summed E-state index contributed by atoms with van der Waals surface area (Å²) >= 11 is 5.13. The number of benzene rings is 1. The number of nitriles is 1. The average Bonchev–Trinajstić information content (AvgIpc) is 2.26. The van der Waals surface area contributed by atoms with Crippen molar-refractivity contribution in [2.24, 2.45) is 0 Å². The van der Waals surface area contributed by atoms with Crippen LogP contribution < -0.4 is 4.74 Å². The van der Waals surface area contributed by atoms with Gasteiger partial charge < -0.3 is 9.84 Å². The second-order valence-corrected chi connectivity index (χ2v) is 3.93. The third-order valence-electron chi connectivity index (χ3n) is 2.00. The van der Waals surface area contributed by atoms with Crippen molar-refractivity contribution in [2.75, 3.05) is 6.61 Å². The van der Waals surface area contributed by atoms with Gasteiger partial charge in [0.2, 0.25) is 0 Å². The van der Waals surface area contributed by atoms with Crippen LogP contribution in [0.3, 0.4) is 0 Å². The maximum absolute atomic E-state index is 13.2. The van der Waals surface area contributed by atoms with Crippen molar-refractivity contribution in [1.82, 2.24) is 0 Å². The third kappa shape index (κ3) is 3.41. The largest absolute Gasteiger partial charge is 0.490 e. The normalized spacial score (nSPS) is 13.6. The van der Waals surface area contributed by atoms with Gasteiger partial charge in [-0.15, -0.1) is 0 Å². The quantitative estimate of drug-likeness (QED) is 0.832. The molecule has 1 atom stereocenters. The fraction of sp³-hybridized carbons (Fsp3) is 0.273. The van der Waals surface area contributed by atoms with Crippen LogP contribution in [-0.4, -0.2) is 22.6 Å². The molecule has 0 heterocycles. The summed E-state index contributed by atoms with van der Waals surface area (Å²) in [6.07, 6.45) is 0. The van der Waals surface area contributed by atoms with E-state index in [-0.39, 0.29) is 11.3 Å². The number of aliphatic hydroxyl groups is 1. The summed E-state index contributed by atoms with van der Waals surface area (Å²) in [4.78, 5) is 10.8. The molecule has 4 nitrogen and oxygen atoms in total. The monoisotopic (exact) mass is 257 g/mol. The molecule has 0 aliphatic heterocycles. The topological polar surface area (TPSA) is 70.3 Å². The number of carbonyl (C=O) groups excluding carboxylic acids is 1. The Balaban J connectivity index is 2.75. The van der Waals surface area contributed by atoms with E-state index < -0.39 is 23.3 Å². The Morgan fingerprint density at radius 2 is 2.35 bits per heavy atom. The van der Waals surface area contributed by atoms with Gasteiger partial charge >= 0.3 is 0 Å². The first kappa shape index (κ1) is 13.4. The first-order chi connectivity index (χ1) is 7.86. The van der Waals surface area contributed by atoms with Gasteiger partial charge in [-0.25, -0.2) is 4.39 Å². The standard InChI is InChI=1S/C11H9ClFNO3/c1-11(16,10(12)15)6-17-8-3-2-7(5-14)9(13)4-8/h2-4,16H,6H2,1H3. The lowest BCUT2D eigenvalue weighted by molar-refractivity contribution is -0.129. The van der Waals surface area contributed by atoms with Crippen molar-refractivity contribution in [3.05, 3.63) is 29.6 Å². The number of carbonyl (C=O) groups is 1. The Labute approximate surface area is 102 Å². The predicted octanol–water partition coefficient (Wildman–Crippen LogP) is 1.59. The molecule has 1 rings (SSSR count). The van der Waals surface area contributed by atoms with E-state index in [1.807, 2.05) is 0 Å². The van der Waals surface area contributed by atoms with E-state index in [4.69, 9.17) is 21.6 Å². The smallest absolute Gasteiger partial charge is 0.256 e. The van der Waals surface area contributed by atoms with Gasteiger partial charge in [0, 0.05) is 6.07 Å². The van der Waals surface area contributed by atoms with Crippen LogP contribution >= 0.6 is 11.6 Å². The minimum Gasteiger partial charge on any atom is -0.490 e. The molecule has 6 heteroatoms. The molecule has 1 unspecified atom stereocenters. The van der Waals surface area contributed by atoms with Crippen LogP contribution in [0, 0.1) is 17.1 Å². The van der Waals surface area contributed by atoms with Crippen LogP contribution in [-0.2, 0) is 4.79 Å². The van der Waals surface area contributed by atoms with Crippen LogP contribution in [0.2, 0.25) is 0 Å². The zero-order chi connectivity index (χ0) is 13.1. The molecule has 17 heavy (non-hydrogen) atoms. The van der Waals surface area contributed by atoms with Gasteiger partial charge in [0.25, 0.3) is 5.24 Å². The fourth-order valence-electron chi connectivity index (χ4n) is 0.957. The van der Waals surface area contributed by atoms with E-state index in [1.54, 1.807) is 6.07 Å². The highest BCUT2D eigenvalue weighted by Crippen LogP contribution is 2.18. The number of rotatable bonds is 4. The van der Waals surface area contributed by atoms with E-state index in [9.17, 15) is 14.3 Å². The lowest BCUT2D eigenvalue weighted by Gasteiger charge is -2.18. The SMILES string of the molecule is CC(O)(COc1ccc(C#N)c(F)c1)C(=O)Cl. The van der Waals surface area contributed by atoms with Crippen LogP contribution in [0.5, 0.6) is 5.75 Å². The Kier molecular flexibility index (Phi) is 4.05. The highest BCUT2D eigenvalue weighted by Gasteiger charge is 2.29. The minimum atomic E-state index is -1.84. The Morgan fingerprint density at radius 1 is 1.71 bits per heavy atom. The van der Waals surface area contributed by atoms with Crippen molar-refractivity contribution < 1.29 is 19.0 Å². The molecule has 0 aromatic heterocycles. The highest BCUT2D eigenvalue weighted by atomic mass is 35.5. The number of halogens is 2. The molecule has 0 aliphatic carbocycles. The molecule has 1 aromatic carbocycles. The number of hydrogen-bond donors (Lipinski definition) is 1. The number of ether oxygens (including phenoxy) is 1. The summed E-state index contributed by atoms with van der Waals surface area (Å²) in [7, 11) is 0. The molecular formula is C11H9ClFNO3. The third-order valence-corrected chi connectivity index (χ3v) is 2.41. The molecule has 0 spiro atoms. The first-order valence-electron chi connectivity index (χ1n) is 4.61. The van der Waals surface area contributed by atoms with E-state index in [1.165, 1.54) is 19.1 Å². The molecular weight excluding hydrogens is 249 g/mol. The minimum absolute atomic E-state index is 0.0969. The Morgan fingerprint density at radius 3 is 2.82 bits per heavy atom. The summed E-state index contributed by atoms with van der Waals surface area (Å²) in [5.41, 5.74) is -1.95. The summed E-state index contributed by atoms with van der Waals surface area (Å²) in [6.45, 7) is 0.781. The summed E-state index contributed by atoms with van der Waals surface area (Å²) < 4.78 is 18.2. The second kappa shape index (κ2) is 5.13. The fourth-order valence-corrected chi connectivity index (χ4v) is 1.01. The van der Waals surface area contributed by atoms with E-state index in [0.717, 1.165) is 6.07 Å². The van der Waals surface area contributed by atoms with Crippen LogP contribution in [0.1, 0.15) is 12.5 Å². The molecule has 0 saturated heterocycles. The second-order valence-electron chi connectivity index (χ2n) is 3.59. The molecule has 90 valence electrons. The van der Waals surface area contributed by atoms with Crippen molar-refractivity contribution >= 4 is 16.8 Å². The van der Waals surface area contributed by atoms with Gasteiger partial charge in [0.1, 0.15) is 24.2 Å². The van der Waals surface area contributed by atoms with Gasteiger partial charge in [-0.2, -0.15) is 5.26 Å².